The standard InChI is InChI=1S/C11H15BrN2O3S/c1-8(18(2)17)6-13-7-9-3-4-10(12)11(5-9)14(15)16/h3-5,8,13H,6-7H2,1-2H3. The van der Waals surface area contributed by atoms with Gasteiger partial charge < -0.3 is 5.32 Å². The maximum absolute atomic E-state index is 11.1. The van der Waals surface area contributed by atoms with Gasteiger partial charge in [-0.15, -0.1) is 0 Å². The zero-order valence-electron chi connectivity index (χ0n) is 10.2. The lowest BCUT2D eigenvalue weighted by atomic mass is 10.2. The van der Waals surface area contributed by atoms with Crippen LogP contribution in [0.15, 0.2) is 22.7 Å². The van der Waals surface area contributed by atoms with Gasteiger partial charge in [-0.2, -0.15) is 0 Å². The molecule has 2 atom stereocenters. The summed E-state index contributed by atoms with van der Waals surface area (Å²) >= 11 is 3.14. The van der Waals surface area contributed by atoms with Crippen LogP contribution in [0.4, 0.5) is 5.69 Å². The average Bonchev–Trinajstić information content (AvgIpc) is 2.30. The van der Waals surface area contributed by atoms with Gasteiger partial charge in [0.15, 0.2) is 0 Å². The summed E-state index contributed by atoms with van der Waals surface area (Å²) in [5.74, 6) is 0. The molecule has 0 spiro atoms. The molecule has 0 heterocycles. The topological polar surface area (TPSA) is 72.2 Å². The third-order valence-corrected chi connectivity index (χ3v) is 4.51. The Hall–Kier alpha value is -0.790. The lowest BCUT2D eigenvalue weighted by Gasteiger charge is -2.10. The molecule has 0 bridgehead atoms. The molecule has 5 nitrogen and oxygen atoms in total. The second kappa shape index (κ2) is 6.96. The first-order valence-electron chi connectivity index (χ1n) is 5.37. The van der Waals surface area contributed by atoms with Gasteiger partial charge in [0.25, 0.3) is 5.69 Å². The highest BCUT2D eigenvalue weighted by atomic mass is 79.9. The minimum atomic E-state index is -0.862. The second-order valence-electron chi connectivity index (χ2n) is 3.98. The Morgan fingerprint density at radius 1 is 1.56 bits per heavy atom. The predicted octanol–water partition coefficient (Wildman–Crippen LogP) is 2.21. The Kier molecular flexibility index (Phi) is 5.90. The van der Waals surface area contributed by atoms with Crippen LogP contribution < -0.4 is 5.32 Å². The fourth-order valence-electron chi connectivity index (χ4n) is 1.35. The van der Waals surface area contributed by atoms with Crippen molar-refractivity contribution >= 4 is 32.4 Å². The summed E-state index contributed by atoms with van der Waals surface area (Å²) < 4.78 is 11.6. The van der Waals surface area contributed by atoms with Gasteiger partial charge in [-0.05, 0) is 34.5 Å². The van der Waals surface area contributed by atoms with Crippen molar-refractivity contribution in [2.24, 2.45) is 0 Å². The number of benzene rings is 1. The van der Waals surface area contributed by atoms with Gasteiger partial charge in [0.05, 0.1) is 9.40 Å². The minimum Gasteiger partial charge on any atom is -0.311 e. The van der Waals surface area contributed by atoms with Crippen molar-refractivity contribution < 1.29 is 9.13 Å². The maximum atomic E-state index is 11.1. The van der Waals surface area contributed by atoms with E-state index in [-0.39, 0.29) is 10.9 Å². The maximum Gasteiger partial charge on any atom is 0.283 e. The molecule has 1 aromatic rings. The van der Waals surface area contributed by atoms with Crippen molar-refractivity contribution in [3.8, 4) is 0 Å². The van der Waals surface area contributed by atoms with E-state index < -0.39 is 15.7 Å². The number of nitro benzene ring substituents is 1. The van der Waals surface area contributed by atoms with Crippen LogP contribution in [0, 0.1) is 10.1 Å². The summed E-state index contributed by atoms with van der Waals surface area (Å²) in [6, 6.07) is 5.01. The summed E-state index contributed by atoms with van der Waals surface area (Å²) in [5.41, 5.74) is 0.889. The lowest BCUT2D eigenvalue weighted by molar-refractivity contribution is -0.385. The molecule has 2 unspecified atom stereocenters. The van der Waals surface area contributed by atoms with Gasteiger partial charge in [-0.25, -0.2) is 0 Å². The number of nitro groups is 1. The van der Waals surface area contributed by atoms with Gasteiger partial charge in [-0.3, -0.25) is 14.3 Å². The number of rotatable bonds is 6. The first-order valence-corrected chi connectivity index (χ1v) is 7.79. The van der Waals surface area contributed by atoms with Crippen LogP contribution >= 0.6 is 15.9 Å². The molecule has 0 saturated heterocycles. The van der Waals surface area contributed by atoms with Crippen LogP contribution in [0.3, 0.4) is 0 Å². The van der Waals surface area contributed by atoms with Crippen molar-refractivity contribution in [3.05, 3.63) is 38.3 Å². The fraction of sp³-hybridized carbons (Fsp3) is 0.455. The minimum absolute atomic E-state index is 0.0569. The SMILES string of the molecule is CC(CNCc1ccc(Br)c([N+](=O)[O-])c1)S(C)=O. The molecular weight excluding hydrogens is 320 g/mol. The predicted molar refractivity (Wildman–Crippen MR) is 76.0 cm³/mol. The van der Waals surface area contributed by atoms with Gasteiger partial charge in [0.2, 0.25) is 0 Å². The smallest absolute Gasteiger partial charge is 0.283 e. The molecule has 0 fully saturated rings. The normalized spacial score (nSPS) is 14.2. The summed E-state index contributed by atoms with van der Waals surface area (Å²) in [5, 5.41) is 14.0. The monoisotopic (exact) mass is 334 g/mol. The first-order chi connectivity index (χ1) is 8.41. The van der Waals surface area contributed by atoms with E-state index in [1.165, 1.54) is 6.07 Å². The quantitative estimate of drug-likeness (QED) is 0.639. The molecule has 0 aliphatic rings. The van der Waals surface area contributed by atoms with Crippen molar-refractivity contribution in [2.75, 3.05) is 12.8 Å². The molecule has 7 heteroatoms. The molecule has 0 aromatic heterocycles. The molecular formula is C11H15BrN2O3S. The zero-order chi connectivity index (χ0) is 13.7. The van der Waals surface area contributed by atoms with E-state index in [0.717, 1.165) is 5.56 Å². The van der Waals surface area contributed by atoms with E-state index in [4.69, 9.17) is 0 Å². The van der Waals surface area contributed by atoms with Gasteiger partial charge >= 0.3 is 0 Å². The van der Waals surface area contributed by atoms with Crippen LogP contribution in [-0.2, 0) is 17.3 Å². The Morgan fingerprint density at radius 3 is 2.78 bits per heavy atom. The molecule has 0 aliphatic heterocycles. The average molecular weight is 335 g/mol. The third kappa shape index (κ3) is 4.47. The molecule has 100 valence electrons. The highest BCUT2D eigenvalue weighted by Gasteiger charge is 2.12. The van der Waals surface area contributed by atoms with Crippen LogP contribution in [-0.4, -0.2) is 27.2 Å². The van der Waals surface area contributed by atoms with Crippen LogP contribution in [0.5, 0.6) is 0 Å². The molecule has 1 rings (SSSR count). The van der Waals surface area contributed by atoms with Crippen molar-refractivity contribution in [3.63, 3.8) is 0 Å². The lowest BCUT2D eigenvalue weighted by Crippen LogP contribution is -2.27. The Labute approximate surface area is 117 Å². The van der Waals surface area contributed by atoms with E-state index in [1.807, 2.05) is 13.0 Å². The van der Waals surface area contributed by atoms with E-state index in [9.17, 15) is 14.3 Å². The van der Waals surface area contributed by atoms with Gasteiger partial charge in [-0.1, -0.05) is 6.07 Å². The molecule has 0 saturated carbocycles. The Balaban J connectivity index is 2.61. The summed E-state index contributed by atoms with van der Waals surface area (Å²) in [4.78, 5) is 10.3. The van der Waals surface area contributed by atoms with E-state index in [1.54, 1.807) is 12.3 Å². The van der Waals surface area contributed by atoms with Crippen LogP contribution in [0.1, 0.15) is 12.5 Å². The second-order valence-corrected chi connectivity index (χ2v) is 6.64. The van der Waals surface area contributed by atoms with Gasteiger partial charge in [0.1, 0.15) is 0 Å². The number of halogens is 1. The number of hydrogen-bond acceptors (Lipinski definition) is 4. The number of nitrogens with one attached hydrogen (secondary N) is 1. The Morgan fingerprint density at radius 2 is 2.22 bits per heavy atom. The first kappa shape index (κ1) is 15.3. The molecule has 0 amide bonds. The highest BCUT2D eigenvalue weighted by Crippen LogP contribution is 2.25. The van der Waals surface area contributed by atoms with Gasteiger partial charge in [0, 0.05) is 41.5 Å². The van der Waals surface area contributed by atoms with Crippen LogP contribution in [0.25, 0.3) is 0 Å². The third-order valence-electron chi connectivity index (χ3n) is 2.53. The number of nitrogens with zero attached hydrogens (tertiary/aromatic N) is 1. The molecule has 1 N–H and O–H groups in total. The molecule has 1 aromatic carbocycles. The van der Waals surface area contributed by atoms with Crippen molar-refractivity contribution in [1.29, 1.82) is 0 Å². The van der Waals surface area contributed by atoms with E-state index in [0.29, 0.717) is 17.6 Å². The highest BCUT2D eigenvalue weighted by molar-refractivity contribution is 9.10. The summed E-state index contributed by atoms with van der Waals surface area (Å²) in [7, 11) is -0.862. The van der Waals surface area contributed by atoms with Crippen molar-refractivity contribution in [2.45, 2.75) is 18.7 Å². The Bertz CT molecular complexity index is 468. The summed E-state index contributed by atoms with van der Waals surface area (Å²) in [6.45, 7) is 3.04. The zero-order valence-corrected chi connectivity index (χ0v) is 12.6. The van der Waals surface area contributed by atoms with Crippen LogP contribution in [0.2, 0.25) is 0 Å². The largest absolute Gasteiger partial charge is 0.311 e. The fourth-order valence-corrected chi connectivity index (χ4v) is 2.09. The molecule has 0 radical (unpaired) electrons. The summed E-state index contributed by atoms with van der Waals surface area (Å²) in [6.07, 6.45) is 1.66. The van der Waals surface area contributed by atoms with E-state index >= 15 is 0 Å². The molecule has 18 heavy (non-hydrogen) atoms. The molecule has 0 aliphatic carbocycles. The van der Waals surface area contributed by atoms with E-state index in [2.05, 4.69) is 21.2 Å². The van der Waals surface area contributed by atoms with Crippen molar-refractivity contribution in [1.82, 2.24) is 5.32 Å². The number of hydrogen-bond donors (Lipinski definition) is 1.